The summed E-state index contributed by atoms with van der Waals surface area (Å²) in [6, 6.07) is 11.4. The first-order valence-electron chi connectivity index (χ1n) is 12.1. The predicted octanol–water partition coefficient (Wildman–Crippen LogP) is 4.93. The van der Waals surface area contributed by atoms with Crippen LogP contribution in [0.15, 0.2) is 42.5 Å². The molecule has 1 saturated carbocycles. The van der Waals surface area contributed by atoms with Gasteiger partial charge in [-0.25, -0.2) is 8.42 Å². The van der Waals surface area contributed by atoms with Gasteiger partial charge in [0.25, 0.3) is 0 Å². The average Bonchev–Trinajstić information content (AvgIpc) is 3.32. The number of halogens is 2. The molecule has 0 aromatic heterocycles. The number of hydrogen-bond donors (Lipinski definition) is 1. The standard InChI is InChI=1S/C26H33Cl2N3O4S/c1-4-24(26(33)29-20-11-7-8-12-20)30(16-19-10-6-5-9-18(19)2)25(32)17-31(36(3,34)35)21-13-14-22(27)23(28)15-21/h5-6,9-10,13-15,20,24H,4,7-8,11-12,16-17H2,1-3H3,(H,29,33)/t24-/m1/s1. The highest BCUT2D eigenvalue weighted by Gasteiger charge is 2.33. The normalized spacial score (nSPS) is 14.9. The maximum absolute atomic E-state index is 13.8. The van der Waals surface area contributed by atoms with E-state index in [-0.39, 0.29) is 34.2 Å². The summed E-state index contributed by atoms with van der Waals surface area (Å²) in [5.74, 6) is -0.699. The second-order valence-electron chi connectivity index (χ2n) is 9.23. The van der Waals surface area contributed by atoms with Crippen molar-refractivity contribution in [2.24, 2.45) is 0 Å². The lowest BCUT2D eigenvalue weighted by atomic mass is 10.1. The summed E-state index contributed by atoms with van der Waals surface area (Å²) >= 11 is 12.1. The lowest BCUT2D eigenvalue weighted by Crippen LogP contribution is -2.53. The summed E-state index contributed by atoms with van der Waals surface area (Å²) in [4.78, 5) is 28.6. The van der Waals surface area contributed by atoms with E-state index >= 15 is 0 Å². The van der Waals surface area contributed by atoms with Crippen LogP contribution < -0.4 is 9.62 Å². The van der Waals surface area contributed by atoms with E-state index in [1.807, 2.05) is 38.1 Å². The fourth-order valence-corrected chi connectivity index (χ4v) is 5.65. The van der Waals surface area contributed by atoms with Crippen LogP contribution in [0.5, 0.6) is 0 Å². The zero-order chi connectivity index (χ0) is 26.5. The third-order valence-electron chi connectivity index (χ3n) is 6.56. The molecule has 3 rings (SSSR count). The molecule has 2 amide bonds. The average molecular weight is 555 g/mol. The van der Waals surface area contributed by atoms with Crippen LogP contribution in [-0.4, -0.2) is 50.0 Å². The Labute approximate surface area is 223 Å². The van der Waals surface area contributed by atoms with Crippen molar-refractivity contribution in [3.05, 3.63) is 63.6 Å². The molecule has 1 atom stereocenters. The van der Waals surface area contributed by atoms with E-state index in [4.69, 9.17) is 23.2 Å². The molecule has 1 fully saturated rings. The number of aryl methyl sites for hydroxylation is 1. The van der Waals surface area contributed by atoms with Crippen LogP contribution in [0.3, 0.4) is 0 Å². The van der Waals surface area contributed by atoms with E-state index in [1.165, 1.54) is 23.1 Å². The van der Waals surface area contributed by atoms with Crippen LogP contribution in [0.4, 0.5) is 5.69 Å². The highest BCUT2D eigenvalue weighted by atomic mass is 35.5. The molecule has 1 aliphatic carbocycles. The van der Waals surface area contributed by atoms with Gasteiger partial charge in [0.2, 0.25) is 21.8 Å². The summed E-state index contributed by atoms with van der Waals surface area (Å²) in [6.45, 7) is 3.50. The first-order valence-corrected chi connectivity index (χ1v) is 14.7. The summed E-state index contributed by atoms with van der Waals surface area (Å²) in [5, 5.41) is 3.55. The van der Waals surface area contributed by atoms with Crippen LogP contribution in [0.2, 0.25) is 10.0 Å². The number of nitrogens with one attached hydrogen (secondary N) is 1. The zero-order valence-corrected chi connectivity index (χ0v) is 23.2. The maximum Gasteiger partial charge on any atom is 0.244 e. The van der Waals surface area contributed by atoms with Crippen LogP contribution in [0.25, 0.3) is 0 Å². The Hall–Kier alpha value is -2.29. The van der Waals surface area contributed by atoms with E-state index in [0.29, 0.717) is 6.42 Å². The van der Waals surface area contributed by atoms with Crippen molar-refractivity contribution in [1.29, 1.82) is 0 Å². The van der Waals surface area contributed by atoms with E-state index in [1.54, 1.807) is 0 Å². The second kappa shape index (κ2) is 12.3. The first-order chi connectivity index (χ1) is 17.0. The van der Waals surface area contributed by atoms with Crippen molar-refractivity contribution in [1.82, 2.24) is 10.2 Å². The van der Waals surface area contributed by atoms with Gasteiger partial charge in [-0.3, -0.25) is 13.9 Å². The molecule has 0 unspecified atom stereocenters. The minimum absolute atomic E-state index is 0.102. The Kier molecular flexibility index (Phi) is 9.66. The number of rotatable bonds is 10. The third kappa shape index (κ3) is 7.14. The monoisotopic (exact) mass is 553 g/mol. The van der Waals surface area contributed by atoms with Crippen LogP contribution in [-0.2, 0) is 26.2 Å². The van der Waals surface area contributed by atoms with Crippen LogP contribution >= 0.6 is 23.2 Å². The topological polar surface area (TPSA) is 86.8 Å². The number of hydrogen-bond acceptors (Lipinski definition) is 4. The largest absolute Gasteiger partial charge is 0.352 e. The van der Waals surface area contributed by atoms with Crippen molar-refractivity contribution in [2.45, 2.75) is 64.6 Å². The molecule has 0 heterocycles. The Balaban J connectivity index is 1.94. The molecule has 2 aromatic carbocycles. The molecule has 36 heavy (non-hydrogen) atoms. The fraction of sp³-hybridized carbons (Fsp3) is 0.462. The minimum atomic E-state index is -3.84. The number of sulfonamides is 1. The lowest BCUT2D eigenvalue weighted by molar-refractivity contribution is -0.140. The third-order valence-corrected chi connectivity index (χ3v) is 8.44. The molecule has 1 N–H and O–H groups in total. The highest BCUT2D eigenvalue weighted by Crippen LogP contribution is 2.29. The van der Waals surface area contributed by atoms with Gasteiger partial charge in [-0.05, 0) is 55.5 Å². The second-order valence-corrected chi connectivity index (χ2v) is 12.0. The van der Waals surface area contributed by atoms with Crippen molar-refractivity contribution >= 4 is 50.7 Å². The molecular formula is C26H33Cl2N3O4S. The van der Waals surface area contributed by atoms with Crippen molar-refractivity contribution in [3.8, 4) is 0 Å². The molecule has 0 aliphatic heterocycles. The molecule has 0 saturated heterocycles. The zero-order valence-electron chi connectivity index (χ0n) is 20.8. The number of anilines is 1. The molecule has 2 aromatic rings. The van der Waals surface area contributed by atoms with Crippen molar-refractivity contribution < 1.29 is 18.0 Å². The molecule has 7 nitrogen and oxygen atoms in total. The summed E-state index contributed by atoms with van der Waals surface area (Å²) in [5.41, 5.74) is 2.09. The predicted molar refractivity (Wildman–Crippen MR) is 145 cm³/mol. The molecule has 10 heteroatoms. The first kappa shape index (κ1) is 28.3. The maximum atomic E-state index is 13.8. The molecule has 196 valence electrons. The van der Waals surface area contributed by atoms with Gasteiger partial charge < -0.3 is 10.2 Å². The Morgan fingerprint density at radius 2 is 1.75 bits per heavy atom. The van der Waals surface area contributed by atoms with E-state index in [9.17, 15) is 18.0 Å². The van der Waals surface area contributed by atoms with E-state index < -0.39 is 28.5 Å². The highest BCUT2D eigenvalue weighted by molar-refractivity contribution is 7.92. The number of carbonyl (C=O) groups is 2. The lowest BCUT2D eigenvalue weighted by Gasteiger charge is -2.33. The van der Waals surface area contributed by atoms with E-state index in [0.717, 1.165) is 47.4 Å². The van der Waals surface area contributed by atoms with Crippen molar-refractivity contribution in [2.75, 3.05) is 17.1 Å². The summed E-state index contributed by atoms with van der Waals surface area (Å²) < 4.78 is 26.4. The smallest absolute Gasteiger partial charge is 0.244 e. The van der Waals surface area contributed by atoms with Crippen LogP contribution in [0.1, 0.15) is 50.2 Å². The van der Waals surface area contributed by atoms with Gasteiger partial charge in [-0.2, -0.15) is 0 Å². The number of benzene rings is 2. The van der Waals surface area contributed by atoms with Crippen molar-refractivity contribution in [3.63, 3.8) is 0 Å². The van der Waals surface area contributed by atoms with Gasteiger partial charge in [0.1, 0.15) is 12.6 Å². The minimum Gasteiger partial charge on any atom is -0.352 e. The molecule has 0 bridgehead atoms. The summed E-state index contributed by atoms with van der Waals surface area (Å²) in [6.07, 6.45) is 5.40. The number of nitrogens with zero attached hydrogens (tertiary/aromatic N) is 2. The summed E-state index contributed by atoms with van der Waals surface area (Å²) in [7, 11) is -3.84. The van der Waals surface area contributed by atoms with Gasteiger partial charge >= 0.3 is 0 Å². The molecule has 0 spiro atoms. The SMILES string of the molecule is CC[C@H](C(=O)NC1CCCC1)N(Cc1ccccc1C)C(=O)CN(c1ccc(Cl)c(Cl)c1)S(C)(=O)=O. The Morgan fingerprint density at radius 1 is 1.08 bits per heavy atom. The Morgan fingerprint density at radius 3 is 2.33 bits per heavy atom. The Bertz CT molecular complexity index is 1200. The van der Waals surface area contributed by atoms with Gasteiger partial charge in [0.05, 0.1) is 22.0 Å². The quantitative estimate of drug-likeness (QED) is 0.451. The van der Waals surface area contributed by atoms with Gasteiger partial charge in [-0.1, -0.05) is 67.2 Å². The van der Waals surface area contributed by atoms with Crippen LogP contribution in [0, 0.1) is 6.92 Å². The van der Waals surface area contributed by atoms with Gasteiger partial charge in [0.15, 0.2) is 0 Å². The van der Waals surface area contributed by atoms with E-state index in [2.05, 4.69) is 5.32 Å². The van der Waals surface area contributed by atoms with Gasteiger partial charge in [-0.15, -0.1) is 0 Å². The molecule has 1 aliphatic rings. The number of carbonyl (C=O) groups excluding carboxylic acids is 2. The molecule has 0 radical (unpaired) electrons. The molecular weight excluding hydrogens is 521 g/mol. The van der Waals surface area contributed by atoms with Gasteiger partial charge in [0, 0.05) is 12.6 Å². The number of amides is 2. The fourth-order valence-electron chi connectivity index (χ4n) is 4.51.